The van der Waals surface area contributed by atoms with E-state index in [2.05, 4.69) is 10.4 Å². The van der Waals surface area contributed by atoms with Crippen LogP contribution in [0.25, 0.3) is 0 Å². The molecule has 0 fully saturated rings. The Hall–Kier alpha value is -2.41. The molecule has 0 aliphatic carbocycles. The van der Waals surface area contributed by atoms with Crippen LogP contribution in [0.5, 0.6) is 0 Å². The number of amides is 1. The van der Waals surface area contributed by atoms with Gasteiger partial charge in [0, 0.05) is 11.6 Å². The maximum absolute atomic E-state index is 11.7. The van der Waals surface area contributed by atoms with Gasteiger partial charge in [0.15, 0.2) is 0 Å². The zero-order valence-electron chi connectivity index (χ0n) is 10.3. The first kappa shape index (κ1) is 14.0. The lowest BCUT2D eigenvalue weighted by Gasteiger charge is -2.04. The Bertz CT molecular complexity index is 624. The normalized spacial score (nSPS) is 10.2. The average molecular weight is 295 g/mol. The van der Waals surface area contributed by atoms with Crippen LogP contribution in [-0.2, 0) is 17.9 Å². The van der Waals surface area contributed by atoms with Crippen LogP contribution in [0.3, 0.4) is 0 Å². The fourth-order valence-electron chi connectivity index (χ4n) is 1.54. The van der Waals surface area contributed by atoms with Crippen LogP contribution in [0.4, 0.5) is 5.82 Å². The Kier molecular flexibility index (Phi) is 4.31. The number of carbonyl (C=O) groups is 1. The topological polar surface area (TPSA) is 90.1 Å². The van der Waals surface area contributed by atoms with Gasteiger partial charge in [0.2, 0.25) is 5.91 Å². The van der Waals surface area contributed by atoms with Crippen molar-refractivity contribution in [2.75, 3.05) is 0 Å². The molecule has 1 aromatic heterocycles. The molecule has 0 aliphatic heterocycles. The number of nitrogens with zero attached hydrogens (tertiary/aromatic N) is 3. The van der Waals surface area contributed by atoms with Crippen molar-refractivity contribution in [1.29, 1.82) is 0 Å². The molecule has 0 bridgehead atoms. The first-order valence-electron chi connectivity index (χ1n) is 5.73. The Morgan fingerprint density at radius 1 is 1.35 bits per heavy atom. The Balaban J connectivity index is 1.85. The molecule has 7 nitrogen and oxygen atoms in total. The molecule has 2 aromatic rings. The second kappa shape index (κ2) is 6.16. The second-order valence-electron chi connectivity index (χ2n) is 4.03. The minimum atomic E-state index is -0.609. The Labute approximate surface area is 119 Å². The molecule has 0 atom stereocenters. The smallest absolute Gasteiger partial charge is 0.358 e. The van der Waals surface area contributed by atoms with E-state index in [4.69, 9.17) is 11.6 Å². The summed E-state index contributed by atoms with van der Waals surface area (Å²) < 4.78 is 1.22. The highest BCUT2D eigenvalue weighted by Crippen LogP contribution is 2.09. The van der Waals surface area contributed by atoms with E-state index in [9.17, 15) is 14.9 Å². The van der Waals surface area contributed by atoms with E-state index >= 15 is 0 Å². The van der Waals surface area contributed by atoms with Gasteiger partial charge in [0.1, 0.15) is 6.54 Å². The van der Waals surface area contributed by atoms with Crippen LogP contribution in [0, 0.1) is 10.1 Å². The lowest BCUT2D eigenvalue weighted by molar-refractivity contribution is -0.389. The van der Waals surface area contributed by atoms with Crippen molar-refractivity contribution in [3.8, 4) is 0 Å². The van der Waals surface area contributed by atoms with Gasteiger partial charge in [-0.15, -0.1) is 0 Å². The van der Waals surface area contributed by atoms with E-state index in [1.54, 1.807) is 24.3 Å². The minimum Gasteiger partial charge on any atom is -0.358 e. The van der Waals surface area contributed by atoms with E-state index in [0.717, 1.165) is 5.56 Å². The summed E-state index contributed by atoms with van der Waals surface area (Å²) in [7, 11) is 0. The SMILES string of the molecule is O=C(Cn1ccc([N+](=O)[O-])n1)NCc1ccc(Cl)cc1. The van der Waals surface area contributed by atoms with E-state index in [1.165, 1.54) is 16.9 Å². The van der Waals surface area contributed by atoms with E-state index in [-0.39, 0.29) is 18.3 Å². The number of rotatable bonds is 5. The van der Waals surface area contributed by atoms with Crippen LogP contribution >= 0.6 is 11.6 Å². The number of nitro groups is 1. The number of hydrogen-bond acceptors (Lipinski definition) is 4. The van der Waals surface area contributed by atoms with Gasteiger partial charge in [0.05, 0.1) is 17.4 Å². The Morgan fingerprint density at radius 2 is 2.05 bits per heavy atom. The molecule has 1 aromatic carbocycles. The van der Waals surface area contributed by atoms with Crippen molar-refractivity contribution in [3.63, 3.8) is 0 Å². The molecule has 1 N–H and O–H groups in total. The summed E-state index contributed by atoms with van der Waals surface area (Å²) in [5.41, 5.74) is 0.911. The maximum atomic E-state index is 11.7. The van der Waals surface area contributed by atoms with Crippen molar-refractivity contribution in [3.05, 3.63) is 57.2 Å². The van der Waals surface area contributed by atoms with Gasteiger partial charge in [-0.2, -0.15) is 4.68 Å². The van der Waals surface area contributed by atoms with Crippen LogP contribution in [0.2, 0.25) is 5.02 Å². The minimum absolute atomic E-state index is 0.0680. The predicted molar refractivity (Wildman–Crippen MR) is 72.2 cm³/mol. The number of benzene rings is 1. The highest BCUT2D eigenvalue weighted by atomic mass is 35.5. The number of aromatic nitrogens is 2. The largest absolute Gasteiger partial charge is 0.389 e. The molecule has 2 rings (SSSR count). The summed E-state index contributed by atoms with van der Waals surface area (Å²) in [6.07, 6.45) is 1.39. The van der Waals surface area contributed by atoms with E-state index < -0.39 is 4.92 Å². The number of carbonyl (C=O) groups excluding carboxylic acids is 1. The van der Waals surface area contributed by atoms with Gasteiger partial charge >= 0.3 is 5.82 Å². The molecule has 0 saturated carbocycles. The summed E-state index contributed by atoms with van der Waals surface area (Å²) in [6, 6.07) is 8.33. The fraction of sp³-hybridized carbons (Fsp3) is 0.167. The molecular weight excluding hydrogens is 284 g/mol. The molecular formula is C12H11ClN4O3. The average Bonchev–Trinajstić information content (AvgIpc) is 2.87. The zero-order chi connectivity index (χ0) is 14.5. The predicted octanol–water partition coefficient (Wildman–Crippen LogP) is 1.76. The molecule has 8 heteroatoms. The summed E-state index contributed by atoms with van der Waals surface area (Å²) in [4.78, 5) is 21.5. The van der Waals surface area contributed by atoms with E-state index in [1.807, 2.05) is 0 Å². The standard InChI is InChI=1S/C12H11ClN4O3/c13-10-3-1-9(2-4-10)7-14-12(18)8-16-6-5-11(15-16)17(19)20/h1-6H,7-8H2,(H,14,18). The van der Waals surface area contributed by atoms with E-state index in [0.29, 0.717) is 11.6 Å². The molecule has 1 heterocycles. The van der Waals surface area contributed by atoms with Crippen molar-refractivity contribution in [2.45, 2.75) is 13.1 Å². The third-order valence-electron chi connectivity index (χ3n) is 2.52. The van der Waals surface area contributed by atoms with Crippen LogP contribution in [0.15, 0.2) is 36.5 Å². The lowest BCUT2D eigenvalue weighted by atomic mass is 10.2. The van der Waals surface area contributed by atoms with Crippen molar-refractivity contribution in [2.24, 2.45) is 0 Å². The third-order valence-corrected chi connectivity index (χ3v) is 2.77. The third kappa shape index (κ3) is 3.79. The van der Waals surface area contributed by atoms with Crippen molar-refractivity contribution in [1.82, 2.24) is 15.1 Å². The van der Waals surface area contributed by atoms with Gasteiger partial charge < -0.3 is 15.4 Å². The van der Waals surface area contributed by atoms with Crippen molar-refractivity contribution < 1.29 is 9.72 Å². The summed E-state index contributed by atoms with van der Waals surface area (Å²) in [5, 5.41) is 17.4. The molecule has 0 unspecified atom stereocenters. The van der Waals surface area contributed by atoms with Crippen molar-refractivity contribution >= 4 is 23.3 Å². The molecule has 0 aliphatic rings. The summed E-state index contributed by atoms with van der Waals surface area (Å²) in [6.45, 7) is 0.292. The molecule has 20 heavy (non-hydrogen) atoms. The molecule has 104 valence electrons. The zero-order valence-corrected chi connectivity index (χ0v) is 11.1. The van der Waals surface area contributed by atoms with Gasteiger partial charge in [-0.25, -0.2) is 0 Å². The molecule has 0 radical (unpaired) electrons. The van der Waals surface area contributed by atoms with Crippen LogP contribution in [0.1, 0.15) is 5.56 Å². The monoisotopic (exact) mass is 294 g/mol. The first-order valence-corrected chi connectivity index (χ1v) is 6.11. The lowest BCUT2D eigenvalue weighted by Crippen LogP contribution is -2.27. The number of nitrogens with one attached hydrogen (secondary N) is 1. The molecule has 1 amide bonds. The quantitative estimate of drug-likeness (QED) is 0.672. The van der Waals surface area contributed by atoms with Gasteiger partial charge in [-0.3, -0.25) is 4.79 Å². The number of hydrogen-bond donors (Lipinski definition) is 1. The summed E-state index contributed by atoms with van der Waals surface area (Å²) >= 11 is 5.76. The Morgan fingerprint density at radius 3 is 2.65 bits per heavy atom. The second-order valence-corrected chi connectivity index (χ2v) is 4.47. The summed E-state index contributed by atoms with van der Waals surface area (Å²) in [5.74, 6) is -0.562. The first-order chi connectivity index (χ1) is 9.54. The molecule has 0 spiro atoms. The highest BCUT2D eigenvalue weighted by molar-refractivity contribution is 6.30. The highest BCUT2D eigenvalue weighted by Gasteiger charge is 2.13. The van der Waals surface area contributed by atoms with Gasteiger partial charge in [-0.1, -0.05) is 23.7 Å². The van der Waals surface area contributed by atoms with Gasteiger partial charge in [0.25, 0.3) is 0 Å². The molecule has 0 saturated heterocycles. The van der Waals surface area contributed by atoms with Gasteiger partial charge in [-0.05, 0) is 22.6 Å². The maximum Gasteiger partial charge on any atom is 0.389 e. The number of halogens is 1. The van der Waals surface area contributed by atoms with Crippen LogP contribution in [-0.4, -0.2) is 20.6 Å². The van der Waals surface area contributed by atoms with Crippen LogP contribution < -0.4 is 5.32 Å². The fourth-order valence-corrected chi connectivity index (χ4v) is 1.67.